The zero-order valence-electron chi connectivity index (χ0n) is 13.0. The van der Waals surface area contributed by atoms with Gasteiger partial charge in [-0.25, -0.2) is 4.18 Å². The Morgan fingerprint density at radius 1 is 1.15 bits per heavy atom. The molecule has 4 rings (SSSR count). The van der Waals surface area contributed by atoms with Crippen LogP contribution in [0.2, 0.25) is 0 Å². The first-order valence-electron chi connectivity index (χ1n) is 7.73. The molecule has 2 fully saturated rings. The number of amides is 2. The molecule has 1 N–H and O–H groups in total. The lowest BCUT2D eigenvalue weighted by atomic mass is 9.81. The van der Waals surface area contributed by atoms with Crippen LogP contribution in [0.15, 0.2) is 41.3 Å². The van der Waals surface area contributed by atoms with Crippen LogP contribution in [-0.4, -0.2) is 25.8 Å². The summed E-state index contributed by atoms with van der Waals surface area (Å²) in [7, 11) is -4.97. The minimum atomic E-state index is -4.97. The predicted molar refractivity (Wildman–Crippen MR) is 79.8 cm³/mol. The molecule has 3 aliphatic rings. The maximum absolute atomic E-state index is 13.2. The van der Waals surface area contributed by atoms with Gasteiger partial charge in [0.2, 0.25) is 5.91 Å². The molecule has 10 heteroatoms. The number of fused-ring (bicyclic) bond motifs is 5. The van der Waals surface area contributed by atoms with Gasteiger partial charge in [-0.15, -0.1) is 0 Å². The highest BCUT2D eigenvalue weighted by atomic mass is 32.2. The van der Waals surface area contributed by atoms with E-state index in [1.165, 1.54) is 0 Å². The van der Waals surface area contributed by atoms with E-state index < -0.39 is 56.0 Å². The SMILES string of the molecule is O=C1NC(=O)C2(OS(=O)(=O)c3ccccc3C(F)(F)F)C3C=CC(C3)C12. The number of alkyl halides is 3. The molecule has 4 atom stereocenters. The van der Waals surface area contributed by atoms with Gasteiger partial charge in [0.05, 0.1) is 11.5 Å². The molecule has 1 aliphatic heterocycles. The molecular formula is C16H12F3NO5S. The minimum absolute atomic E-state index is 0.334. The summed E-state index contributed by atoms with van der Waals surface area (Å²) in [6, 6.07) is 3.56. The van der Waals surface area contributed by atoms with Gasteiger partial charge in [0.15, 0.2) is 5.60 Å². The monoisotopic (exact) mass is 387 g/mol. The fourth-order valence-electron chi connectivity index (χ4n) is 4.12. The molecule has 2 bridgehead atoms. The minimum Gasteiger partial charge on any atom is -0.293 e. The molecule has 26 heavy (non-hydrogen) atoms. The molecule has 0 aromatic heterocycles. The first-order valence-corrected chi connectivity index (χ1v) is 9.13. The van der Waals surface area contributed by atoms with Crippen LogP contribution in [0.4, 0.5) is 13.2 Å². The Kier molecular flexibility index (Phi) is 3.42. The van der Waals surface area contributed by atoms with Gasteiger partial charge in [-0.3, -0.25) is 14.9 Å². The van der Waals surface area contributed by atoms with Gasteiger partial charge in [0.25, 0.3) is 16.0 Å². The number of carbonyl (C=O) groups excluding carboxylic acids is 2. The van der Waals surface area contributed by atoms with E-state index in [9.17, 15) is 31.2 Å². The van der Waals surface area contributed by atoms with Crippen molar-refractivity contribution in [3.8, 4) is 0 Å². The van der Waals surface area contributed by atoms with Crippen molar-refractivity contribution in [1.82, 2.24) is 5.32 Å². The fourth-order valence-corrected chi connectivity index (χ4v) is 5.58. The second kappa shape index (κ2) is 5.17. The third kappa shape index (κ3) is 2.18. The van der Waals surface area contributed by atoms with Crippen LogP contribution < -0.4 is 5.32 Å². The largest absolute Gasteiger partial charge is 0.417 e. The Hall–Kier alpha value is -2.20. The number of allylic oxidation sites excluding steroid dienone is 1. The van der Waals surface area contributed by atoms with Crippen LogP contribution in [0.3, 0.4) is 0 Å². The number of imide groups is 1. The molecule has 138 valence electrons. The summed E-state index contributed by atoms with van der Waals surface area (Å²) >= 11 is 0. The molecule has 2 aliphatic carbocycles. The van der Waals surface area contributed by atoms with Gasteiger partial charge < -0.3 is 0 Å². The summed E-state index contributed by atoms with van der Waals surface area (Å²) in [5, 5.41) is 2.05. The number of halogens is 3. The number of nitrogens with one attached hydrogen (secondary N) is 1. The number of benzene rings is 1. The summed E-state index contributed by atoms with van der Waals surface area (Å²) in [6.07, 6.45) is -1.32. The van der Waals surface area contributed by atoms with Crippen LogP contribution in [0, 0.1) is 17.8 Å². The van der Waals surface area contributed by atoms with Crippen molar-refractivity contribution in [2.45, 2.75) is 23.1 Å². The lowest BCUT2D eigenvalue weighted by Crippen LogP contribution is -2.50. The standard InChI is InChI=1S/C16H12F3NO5S/c17-16(18,19)10-3-1-2-4-11(10)26(23,24)25-15-9-6-5-8(7-9)12(15)13(21)20-14(15)22/h1-6,8-9,12H,7H2,(H,20,21,22). The summed E-state index contributed by atoms with van der Waals surface area (Å²) in [5.41, 5.74) is -3.43. The molecule has 1 aromatic rings. The van der Waals surface area contributed by atoms with E-state index in [2.05, 4.69) is 0 Å². The van der Waals surface area contributed by atoms with Gasteiger partial charge in [-0.05, 0) is 24.5 Å². The van der Waals surface area contributed by atoms with Gasteiger partial charge in [0, 0.05) is 5.92 Å². The quantitative estimate of drug-likeness (QED) is 0.484. The van der Waals surface area contributed by atoms with E-state index in [-0.39, 0.29) is 5.92 Å². The van der Waals surface area contributed by atoms with Crippen LogP contribution in [-0.2, 0) is 30.1 Å². The summed E-state index contributed by atoms with van der Waals surface area (Å²) in [6.45, 7) is 0. The van der Waals surface area contributed by atoms with Crippen LogP contribution in [0.1, 0.15) is 12.0 Å². The fraction of sp³-hybridized carbons (Fsp3) is 0.375. The third-order valence-electron chi connectivity index (χ3n) is 5.14. The average Bonchev–Trinajstić information content (AvgIpc) is 3.19. The molecule has 2 amide bonds. The van der Waals surface area contributed by atoms with Crippen molar-refractivity contribution in [1.29, 1.82) is 0 Å². The molecule has 1 aromatic carbocycles. The molecule has 4 unspecified atom stereocenters. The first-order chi connectivity index (χ1) is 12.1. The van der Waals surface area contributed by atoms with Crippen LogP contribution in [0.25, 0.3) is 0 Å². The zero-order valence-corrected chi connectivity index (χ0v) is 13.8. The smallest absolute Gasteiger partial charge is 0.293 e. The van der Waals surface area contributed by atoms with Crippen LogP contribution >= 0.6 is 0 Å². The highest BCUT2D eigenvalue weighted by Gasteiger charge is 2.70. The summed E-state index contributed by atoms with van der Waals surface area (Å²) in [5.74, 6) is -3.77. The van der Waals surface area contributed by atoms with Crippen molar-refractivity contribution in [3.63, 3.8) is 0 Å². The highest BCUT2D eigenvalue weighted by molar-refractivity contribution is 7.86. The Morgan fingerprint density at radius 3 is 2.54 bits per heavy atom. The summed E-state index contributed by atoms with van der Waals surface area (Å²) in [4.78, 5) is 23.4. The molecule has 0 spiro atoms. The maximum atomic E-state index is 13.2. The predicted octanol–water partition coefficient (Wildman–Crippen LogP) is 1.63. The second-order valence-electron chi connectivity index (χ2n) is 6.51. The maximum Gasteiger partial charge on any atom is 0.417 e. The lowest BCUT2D eigenvalue weighted by molar-refractivity contribution is -0.140. The van der Waals surface area contributed by atoms with Gasteiger partial charge in [-0.2, -0.15) is 21.6 Å². The van der Waals surface area contributed by atoms with Gasteiger partial charge in [0.1, 0.15) is 4.90 Å². The number of hydrogen-bond donors (Lipinski definition) is 1. The number of rotatable bonds is 3. The molecule has 1 saturated heterocycles. The van der Waals surface area contributed by atoms with E-state index in [1.807, 2.05) is 5.32 Å². The van der Waals surface area contributed by atoms with E-state index >= 15 is 0 Å². The van der Waals surface area contributed by atoms with Crippen LogP contribution in [0.5, 0.6) is 0 Å². The zero-order chi connectivity index (χ0) is 18.9. The van der Waals surface area contributed by atoms with Crippen molar-refractivity contribution in [2.24, 2.45) is 17.8 Å². The number of hydrogen-bond acceptors (Lipinski definition) is 5. The van der Waals surface area contributed by atoms with E-state index in [1.54, 1.807) is 12.2 Å². The normalized spacial score (nSPS) is 32.8. The second-order valence-corrected chi connectivity index (χ2v) is 8.03. The lowest BCUT2D eigenvalue weighted by Gasteiger charge is -2.31. The molecule has 6 nitrogen and oxygen atoms in total. The van der Waals surface area contributed by atoms with Crippen molar-refractivity contribution >= 4 is 21.9 Å². The first kappa shape index (κ1) is 17.2. The summed E-state index contributed by atoms with van der Waals surface area (Å²) < 4.78 is 70.1. The van der Waals surface area contributed by atoms with E-state index in [0.29, 0.717) is 12.5 Å². The highest BCUT2D eigenvalue weighted by Crippen LogP contribution is 2.56. The van der Waals surface area contributed by atoms with Crippen molar-refractivity contribution in [2.75, 3.05) is 0 Å². The Balaban J connectivity index is 1.81. The van der Waals surface area contributed by atoms with Gasteiger partial charge in [-0.1, -0.05) is 24.3 Å². The Bertz CT molecular complexity index is 955. The van der Waals surface area contributed by atoms with E-state index in [4.69, 9.17) is 4.18 Å². The van der Waals surface area contributed by atoms with Crippen molar-refractivity contribution in [3.05, 3.63) is 42.0 Å². The van der Waals surface area contributed by atoms with Crippen molar-refractivity contribution < 1.29 is 35.4 Å². The molecule has 1 saturated carbocycles. The van der Waals surface area contributed by atoms with E-state index in [0.717, 1.165) is 18.2 Å². The molecular weight excluding hydrogens is 375 g/mol. The van der Waals surface area contributed by atoms with Gasteiger partial charge >= 0.3 is 6.18 Å². The Labute approximate surface area is 146 Å². The Morgan fingerprint density at radius 2 is 1.85 bits per heavy atom. The molecule has 0 radical (unpaired) electrons. The molecule has 1 heterocycles. The number of carbonyl (C=O) groups is 2. The average molecular weight is 387 g/mol. The third-order valence-corrected chi connectivity index (χ3v) is 6.53. The topological polar surface area (TPSA) is 89.5 Å².